The zero-order valence-corrected chi connectivity index (χ0v) is 21.9. The number of hydrogen-bond acceptors (Lipinski definition) is 2. The number of rotatable bonds is 10. The summed E-state index contributed by atoms with van der Waals surface area (Å²) in [5, 5.41) is 7.25. The monoisotopic (exact) mass is 530 g/mol. The molecule has 4 aromatic carbocycles. The Morgan fingerprint density at radius 1 is 0.541 bits per heavy atom. The van der Waals surface area contributed by atoms with Crippen LogP contribution in [-0.4, -0.2) is 11.8 Å². The molecule has 4 nitrogen and oxygen atoms in total. The molecule has 0 fully saturated rings. The number of nitrogens with one attached hydrogen (secondary N) is 2. The van der Waals surface area contributed by atoms with E-state index in [0.29, 0.717) is 35.7 Å². The van der Waals surface area contributed by atoms with Crippen molar-refractivity contribution in [1.29, 1.82) is 0 Å². The highest BCUT2D eigenvalue weighted by Gasteiger charge is 2.08. The van der Waals surface area contributed by atoms with E-state index < -0.39 is 0 Å². The van der Waals surface area contributed by atoms with Crippen LogP contribution in [0.2, 0.25) is 10.0 Å². The van der Waals surface area contributed by atoms with Gasteiger partial charge >= 0.3 is 0 Å². The van der Waals surface area contributed by atoms with Gasteiger partial charge in [0, 0.05) is 34.3 Å². The molecule has 0 bridgehead atoms. The number of hydrogen-bond donors (Lipinski definition) is 2. The van der Waals surface area contributed by atoms with Gasteiger partial charge in [0.15, 0.2) is 0 Å². The first-order valence-corrected chi connectivity index (χ1v) is 13.0. The van der Waals surface area contributed by atoms with Gasteiger partial charge in [0.05, 0.1) is 0 Å². The van der Waals surface area contributed by atoms with Gasteiger partial charge in [0.2, 0.25) is 11.8 Å². The van der Waals surface area contributed by atoms with Crippen LogP contribution in [0.4, 0.5) is 11.4 Å². The second kappa shape index (κ2) is 13.1. The molecule has 0 unspecified atom stereocenters. The van der Waals surface area contributed by atoms with E-state index in [-0.39, 0.29) is 11.8 Å². The molecule has 2 N–H and O–H groups in total. The smallest absolute Gasteiger partial charge is 0.224 e. The summed E-state index contributed by atoms with van der Waals surface area (Å²) in [4.78, 5) is 24.6. The number of carbonyl (C=O) groups is 2. The Morgan fingerprint density at radius 2 is 0.919 bits per heavy atom. The van der Waals surface area contributed by atoms with Gasteiger partial charge in [-0.2, -0.15) is 0 Å². The Hall–Kier alpha value is -3.60. The van der Waals surface area contributed by atoms with Crippen LogP contribution in [0.3, 0.4) is 0 Å². The molecule has 6 heteroatoms. The summed E-state index contributed by atoms with van der Waals surface area (Å²) in [6.45, 7) is 0. The van der Waals surface area contributed by atoms with Gasteiger partial charge in [-0.1, -0.05) is 83.9 Å². The van der Waals surface area contributed by atoms with Crippen molar-refractivity contribution in [3.8, 4) is 0 Å². The summed E-state index contributed by atoms with van der Waals surface area (Å²) in [6, 6.07) is 30.8. The Balaban J connectivity index is 1.22. The molecule has 0 aromatic heterocycles. The minimum Gasteiger partial charge on any atom is -0.326 e. The lowest BCUT2D eigenvalue weighted by Crippen LogP contribution is -2.12. The van der Waals surface area contributed by atoms with Crippen molar-refractivity contribution < 1.29 is 9.59 Å². The summed E-state index contributed by atoms with van der Waals surface area (Å²) in [6.07, 6.45) is 2.69. The van der Waals surface area contributed by atoms with Crippen LogP contribution in [0.5, 0.6) is 0 Å². The number of aryl methyl sites for hydroxylation is 2. The van der Waals surface area contributed by atoms with Gasteiger partial charge in [0.25, 0.3) is 0 Å². The number of halogens is 2. The first-order valence-electron chi connectivity index (χ1n) is 12.2. The van der Waals surface area contributed by atoms with Crippen molar-refractivity contribution in [3.05, 3.63) is 129 Å². The highest BCUT2D eigenvalue weighted by molar-refractivity contribution is 6.31. The molecule has 4 rings (SSSR count). The predicted molar refractivity (Wildman–Crippen MR) is 152 cm³/mol. The Bertz CT molecular complexity index is 1250. The lowest BCUT2D eigenvalue weighted by atomic mass is 10.0. The Labute approximate surface area is 227 Å². The molecule has 2 amide bonds. The third-order valence-electron chi connectivity index (χ3n) is 6.04. The number of benzene rings is 4. The van der Waals surface area contributed by atoms with Crippen LogP contribution in [0, 0.1) is 0 Å². The molecule has 188 valence electrons. The van der Waals surface area contributed by atoms with Crippen LogP contribution in [-0.2, 0) is 28.9 Å². The zero-order chi connectivity index (χ0) is 26.0. The highest BCUT2D eigenvalue weighted by Crippen LogP contribution is 2.20. The zero-order valence-electron chi connectivity index (χ0n) is 20.3. The highest BCUT2D eigenvalue weighted by atomic mass is 35.5. The van der Waals surface area contributed by atoms with E-state index in [4.69, 9.17) is 23.2 Å². The van der Waals surface area contributed by atoms with Crippen LogP contribution in [0.25, 0.3) is 0 Å². The van der Waals surface area contributed by atoms with E-state index in [1.807, 2.05) is 97.1 Å². The van der Waals surface area contributed by atoms with Gasteiger partial charge in [0.1, 0.15) is 0 Å². The van der Waals surface area contributed by atoms with Crippen LogP contribution < -0.4 is 10.6 Å². The Morgan fingerprint density at radius 3 is 1.30 bits per heavy atom. The predicted octanol–water partition coefficient (Wildman–Crippen LogP) is 7.73. The van der Waals surface area contributed by atoms with E-state index in [1.165, 1.54) is 0 Å². The van der Waals surface area contributed by atoms with Gasteiger partial charge < -0.3 is 10.6 Å². The van der Waals surface area contributed by atoms with E-state index in [2.05, 4.69) is 10.6 Å². The van der Waals surface area contributed by atoms with Crippen molar-refractivity contribution in [1.82, 2.24) is 0 Å². The molecule has 4 aromatic rings. The SMILES string of the molecule is O=C(CCc1ccccc1Cl)Nc1ccc(Cc2ccc(NC(=O)CCc3ccccc3Cl)cc2)cc1. The molecular formula is C31H28Cl2N2O2. The summed E-state index contributed by atoms with van der Waals surface area (Å²) >= 11 is 12.3. The second-order valence-corrected chi connectivity index (χ2v) is 9.66. The average molecular weight is 531 g/mol. The molecule has 0 saturated heterocycles. The first-order chi connectivity index (χ1) is 18.0. The molecule has 0 aliphatic carbocycles. The lowest BCUT2D eigenvalue weighted by molar-refractivity contribution is -0.117. The average Bonchev–Trinajstić information content (AvgIpc) is 2.90. The second-order valence-electron chi connectivity index (χ2n) is 8.85. The quantitative estimate of drug-likeness (QED) is 0.220. The molecule has 0 saturated carbocycles. The molecule has 0 spiro atoms. The number of amides is 2. The third kappa shape index (κ3) is 8.21. The molecule has 0 atom stereocenters. The van der Waals surface area contributed by atoms with Gasteiger partial charge in [-0.05, 0) is 77.9 Å². The van der Waals surface area contributed by atoms with Crippen molar-refractivity contribution in [3.63, 3.8) is 0 Å². The maximum absolute atomic E-state index is 12.3. The van der Waals surface area contributed by atoms with Crippen molar-refractivity contribution in [2.24, 2.45) is 0 Å². The fourth-order valence-corrected chi connectivity index (χ4v) is 4.45. The van der Waals surface area contributed by atoms with E-state index in [0.717, 1.165) is 40.0 Å². The normalized spacial score (nSPS) is 10.6. The van der Waals surface area contributed by atoms with Crippen molar-refractivity contribution >= 4 is 46.4 Å². The molecular weight excluding hydrogens is 503 g/mol. The summed E-state index contributed by atoms with van der Waals surface area (Å²) in [7, 11) is 0. The molecule has 0 radical (unpaired) electrons. The third-order valence-corrected chi connectivity index (χ3v) is 6.78. The van der Waals surface area contributed by atoms with E-state index in [1.54, 1.807) is 0 Å². The van der Waals surface area contributed by atoms with Gasteiger partial charge in [-0.25, -0.2) is 0 Å². The van der Waals surface area contributed by atoms with E-state index >= 15 is 0 Å². The molecule has 0 aliphatic rings. The Kier molecular flexibility index (Phi) is 9.36. The first kappa shape index (κ1) is 26.5. The maximum atomic E-state index is 12.3. The van der Waals surface area contributed by atoms with Crippen molar-refractivity contribution in [2.75, 3.05) is 10.6 Å². The maximum Gasteiger partial charge on any atom is 0.224 e. The standard InChI is InChI=1S/C31H28Cl2N2O2/c32-28-7-3-1-5-24(28)13-19-30(36)34-26-15-9-22(10-16-26)21-23-11-17-27(18-12-23)35-31(37)20-14-25-6-2-4-8-29(25)33/h1-12,15-18H,13-14,19-21H2,(H,34,36)(H,35,37). The molecule has 0 aliphatic heterocycles. The fourth-order valence-electron chi connectivity index (χ4n) is 3.99. The van der Waals surface area contributed by atoms with Gasteiger partial charge in [-0.15, -0.1) is 0 Å². The summed E-state index contributed by atoms with van der Waals surface area (Å²) in [5.74, 6) is -0.0886. The number of anilines is 2. The van der Waals surface area contributed by atoms with Crippen LogP contribution in [0.15, 0.2) is 97.1 Å². The minimum atomic E-state index is -0.0443. The summed E-state index contributed by atoms with van der Waals surface area (Å²) < 4.78 is 0. The largest absolute Gasteiger partial charge is 0.326 e. The topological polar surface area (TPSA) is 58.2 Å². The van der Waals surface area contributed by atoms with Crippen LogP contribution >= 0.6 is 23.2 Å². The number of carbonyl (C=O) groups excluding carboxylic acids is 2. The summed E-state index contributed by atoms with van der Waals surface area (Å²) in [5.41, 5.74) is 5.73. The lowest BCUT2D eigenvalue weighted by Gasteiger charge is -2.09. The fraction of sp³-hybridized carbons (Fsp3) is 0.161. The molecule has 0 heterocycles. The van der Waals surface area contributed by atoms with Gasteiger partial charge in [-0.3, -0.25) is 9.59 Å². The van der Waals surface area contributed by atoms with Crippen LogP contribution in [0.1, 0.15) is 35.1 Å². The minimum absolute atomic E-state index is 0.0443. The molecule has 37 heavy (non-hydrogen) atoms. The van der Waals surface area contributed by atoms with E-state index in [9.17, 15) is 9.59 Å². The van der Waals surface area contributed by atoms with Crippen molar-refractivity contribution in [2.45, 2.75) is 32.1 Å².